The molecule has 2 aromatic heterocycles. The second kappa shape index (κ2) is 12.9. The average molecular weight is 646 g/mol. The summed E-state index contributed by atoms with van der Waals surface area (Å²) < 4.78 is 19.9. The summed E-state index contributed by atoms with van der Waals surface area (Å²) >= 11 is 0. The van der Waals surface area contributed by atoms with Crippen molar-refractivity contribution in [3.05, 3.63) is 53.7 Å². The second-order valence-electron chi connectivity index (χ2n) is 14.5. The fourth-order valence-electron chi connectivity index (χ4n) is 7.45. The van der Waals surface area contributed by atoms with Gasteiger partial charge in [-0.3, -0.25) is 4.90 Å². The van der Waals surface area contributed by atoms with E-state index in [4.69, 9.17) is 24.3 Å². The van der Waals surface area contributed by atoms with Gasteiger partial charge in [-0.1, -0.05) is 44.2 Å². The molecule has 2 bridgehead atoms. The third-order valence-electron chi connectivity index (χ3n) is 10.4. The van der Waals surface area contributed by atoms with Crippen LogP contribution in [0.5, 0.6) is 5.88 Å². The lowest BCUT2D eigenvalue weighted by Gasteiger charge is -2.44. The summed E-state index contributed by atoms with van der Waals surface area (Å²) in [6.07, 6.45) is 4.76. The first-order chi connectivity index (χ1) is 22.6. The predicted octanol–water partition coefficient (Wildman–Crippen LogP) is 5.04. The maximum absolute atomic E-state index is 13.3. The molecule has 4 aliphatic rings. The van der Waals surface area contributed by atoms with Crippen LogP contribution in [0, 0.1) is 11.8 Å². The van der Waals surface area contributed by atoms with Crippen molar-refractivity contribution in [2.75, 3.05) is 38.0 Å². The Kier molecular flexibility index (Phi) is 8.63. The van der Waals surface area contributed by atoms with Gasteiger partial charge in [0.05, 0.1) is 12.7 Å². The Morgan fingerprint density at radius 2 is 1.77 bits per heavy atom. The summed E-state index contributed by atoms with van der Waals surface area (Å²) in [6.45, 7) is 11.9. The number of amides is 2. The molecule has 3 saturated heterocycles. The van der Waals surface area contributed by atoms with E-state index in [-0.39, 0.29) is 48.5 Å². The fourth-order valence-corrected chi connectivity index (χ4v) is 7.45. The van der Waals surface area contributed by atoms with Gasteiger partial charge < -0.3 is 29.7 Å². The van der Waals surface area contributed by atoms with Crippen molar-refractivity contribution in [1.82, 2.24) is 29.7 Å². The van der Waals surface area contributed by atoms with Gasteiger partial charge in [0.25, 0.3) is 0 Å². The molecule has 5 heterocycles. The van der Waals surface area contributed by atoms with Gasteiger partial charge in [0.2, 0.25) is 5.88 Å². The number of anilines is 1. The maximum Gasteiger partial charge on any atom is 0.410 e. The molecule has 0 spiro atoms. The van der Waals surface area contributed by atoms with Crippen molar-refractivity contribution in [3.8, 4) is 5.88 Å². The third kappa shape index (κ3) is 6.57. The number of carbonyl (C=O) groups is 2. The lowest BCUT2D eigenvalue weighted by molar-refractivity contribution is -0.00189. The number of carbonyl (C=O) groups excluding carboxylic acids is 2. The van der Waals surface area contributed by atoms with Crippen LogP contribution in [0.4, 0.5) is 15.4 Å². The number of rotatable bonds is 8. The molecule has 47 heavy (non-hydrogen) atoms. The number of hydrogen-bond acceptors (Lipinski definition) is 9. The quantitative estimate of drug-likeness (QED) is 0.347. The Morgan fingerprint density at radius 3 is 2.45 bits per heavy atom. The molecule has 3 atom stereocenters. The zero-order valence-corrected chi connectivity index (χ0v) is 27.9. The first-order valence-electron chi connectivity index (χ1n) is 17.1. The highest BCUT2D eigenvalue weighted by atomic mass is 16.6. The van der Waals surface area contributed by atoms with Crippen molar-refractivity contribution >= 4 is 23.7 Å². The van der Waals surface area contributed by atoms with E-state index in [2.05, 4.69) is 38.3 Å². The van der Waals surface area contributed by atoms with Crippen molar-refractivity contribution < 1.29 is 23.8 Å². The van der Waals surface area contributed by atoms with E-state index in [0.717, 1.165) is 61.4 Å². The lowest BCUT2D eigenvalue weighted by Crippen LogP contribution is -2.56. The minimum Gasteiger partial charge on any atom is -0.472 e. The predicted molar refractivity (Wildman–Crippen MR) is 176 cm³/mol. The second-order valence-corrected chi connectivity index (χ2v) is 14.5. The van der Waals surface area contributed by atoms with Crippen LogP contribution >= 0.6 is 0 Å². The van der Waals surface area contributed by atoms with Crippen LogP contribution in [0.25, 0.3) is 5.65 Å². The highest BCUT2D eigenvalue weighted by Gasteiger charge is 2.45. The van der Waals surface area contributed by atoms with E-state index in [1.54, 1.807) is 4.90 Å². The van der Waals surface area contributed by atoms with Crippen molar-refractivity contribution in [3.63, 3.8) is 0 Å². The van der Waals surface area contributed by atoms with E-state index >= 15 is 0 Å². The number of ether oxygens (including phenoxy) is 3. The molecular weight excluding hydrogens is 598 g/mol. The Balaban J connectivity index is 1.07. The highest BCUT2D eigenvalue weighted by Crippen LogP contribution is 2.40. The van der Waals surface area contributed by atoms with Crippen molar-refractivity contribution in [2.45, 2.75) is 89.7 Å². The molecule has 4 fully saturated rings. The van der Waals surface area contributed by atoms with Gasteiger partial charge in [0.15, 0.2) is 5.65 Å². The van der Waals surface area contributed by atoms with E-state index in [0.29, 0.717) is 37.4 Å². The van der Waals surface area contributed by atoms with Crippen LogP contribution in [0.3, 0.4) is 0 Å². The number of aromatic nitrogens is 3. The first-order valence-corrected chi connectivity index (χ1v) is 17.1. The molecule has 2 N–H and O–H groups in total. The first kappa shape index (κ1) is 31.5. The topological polar surface area (TPSA) is 123 Å². The number of nitrogens with one attached hydrogen (secondary N) is 2. The molecule has 3 aliphatic heterocycles. The molecule has 1 aromatic carbocycles. The normalized spacial score (nSPS) is 25.5. The van der Waals surface area contributed by atoms with Crippen LogP contribution in [-0.4, -0.2) is 93.1 Å². The van der Waals surface area contributed by atoms with E-state index in [1.807, 2.05) is 52.0 Å². The van der Waals surface area contributed by atoms with Gasteiger partial charge in [0.1, 0.15) is 24.6 Å². The third-order valence-corrected chi connectivity index (χ3v) is 10.4. The number of fused-ring (bicyclic) bond motifs is 3. The molecule has 7 rings (SSSR count). The fraction of sp³-hybridized carbons (Fsp3) is 0.600. The molecule has 3 aromatic rings. The molecule has 12 nitrogen and oxygen atoms in total. The molecule has 12 heteroatoms. The molecule has 1 aliphatic carbocycles. The van der Waals surface area contributed by atoms with Crippen LogP contribution in [0.15, 0.2) is 42.6 Å². The van der Waals surface area contributed by atoms with Gasteiger partial charge >= 0.3 is 12.2 Å². The van der Waals surface area contributed by atoms with Crippen LogP contribution < -0.4 is 15.4 Å². The average Bonchev–Trinajstić information content (AvgIpc) is 3.55. The van der Waals surface area contributed by atoms with E-state index in [1.165, 1.54) is 0 Å². The lowest BCUT2D eigenvalue weighted by atomic mass is 9.89. The summed E-state index contributed by atoms with van der Waals surface area (Å²) in [6, 6.07) is 11.9. The van der Waals surface area contributed by atoms with Crippen LogP contribution in [0.2, 0.25) is 0 Å². The molecule has 252 valence electrons. The molecule has 2 unspecified atom stereocenters. The maximum atomic E-state index is 13.3. The van der Waals surface area contributed by atoms with Gasteiger partial charge in [-0.15, -0.1) is 0 Å². The number of nitrogens with zero attached hydrogens (tertiary/aromatic N) is 5. The number of hydrogen-bond donors (Lipinski definition) is 2. The largest absolute Gasteiger partial charge is 0.472 e. The van der Waals surface area contributed by atoms with Gasteiger partial charge in [0, 0.05) is 49.4 Å². The zero-order valence-electron chi connectivity index (χ0n) is 27.9. The Bertz CT molecular complexity index is 1580. The molecule has 2 amide bonds. The molecule has 0 radical (unpaired) electrons. The SMILES string of the molecule is CC(C)c1cnn2c(NC3C4CCC3CN(C(=O)OC3CNC3)C4)cc(O[C@@H]3CCC(C)(C)N(C(=O)OCc4ccccc4)C3)nc12. The summed E-state index contributed by atoms with van der Waals surface area (Å²) in [7, 11) is 0. The Morgan fingerprint density at radius 1 is 1.02 bits per heavy atom. The minimum absolute atomic E-state index is 0.0169. The van der Waals surface area contributed by atoms with Gasteiger partial charge in [-0.25, -0.2) is 9.59 Å². The number of piperidine rings is 2. The Hall–Kier alpha value is -4.06. The van der Waals surface area contributed by atoms with Crippen molar-refractivity contribution in [1.29, 1.82) is 0 Å². The molecule has 1 saturated carbocycles. The summed E-state index contributed by atoms with van der Waals surface area (Å²) in [4.78, 5) is 34.8. The monoisotopic (exact) mass is 645 g/mol. The van der Waals surface area contributed by atoms with Gasteiger partial charge in [-0.05, 0) is 62.8 Å². The highest BCUT2D eigenvalue weighted by molar-refractivity contribution is 5.69. The summed E-state index contributed by atoms with van der Waals surface area (Å²) in [5.74, 6) is 2.18. The van der Waals surface area contributed by atoms with Crippen LogP contribution in [0.1, 0.15) is 70.4 Å². The summed E-state index contributed by atoms with van der Waals surface area (Å²) in [5, 5.41) is 11.7. The zero-order chi connectivity index (χ0) is 32.7. The summed E-state index contributed by atoms with van der Waals surface area (Å²) in [5.41, 5.74) is 2.40. The van der Waals surface area contributed by atoms with E-state index < -0.39 is 0 Å². The Labute approximate surface area is 276 Å². The number of benzene rings is 1. The van der Waals surface area contributed by atoms with Crippen LogP contribution in [-0.2, 0) is 16.1 Å². The standard InChI is InChI=1S/C35H47N7O5/c1-22(2)28-17-37-42-29(38-31-24-10-11-25(31)19-40(18-24)33(43)47-27-15-36-16-27)14-30(39-32(28)42)46-26-12-13-35(3,4)41(20-26)34(44)45-21-23-8-6-5-7-9-23/h5-9,14,17,22,24-27,31,36,38H,10-13,15-16,18-21H2,1-4H3/t24?,25?,26-,31?/m1/s1. The smallest absolute Gasteiger partial charge is 0.410 e. The molecular formula is C35H47N7O5. The van der Waals surface area contributed by atoms with Gasteiger partial charge in [-0.2, -0.15) is 14.6 Å². The number of likely N-dealkylation sites (tertiary alicyclic amines) is 2. The van der Waals surface area contributed by atoms with E-state index in [9.17, 15) is 9.59 Å². The minimum atomic E-state index is -0.358. The van der Waals surface area contributed by atoms with Crippen molar-refractivity contribution in [2.24, 2.45) is 11.8 Å².